The maximum Gasteiger partial charge on any atom is 0.225 e. The molecular formula is C21H29NO3. The summed E-state index contributed by atoms with van der Waals surface area (Å²) in [4.78, 5) is 14.5. The minimum absolute atomic E-state index is 0.0468. The molecule has 0 spiro atoms. The third-order valence-electron chi connectivity index (χ3n) is 5.92. The lowest BCUT2D eigenvalue weighted by molar-refractivity contribution is -0.151. The van der Waals surface area contributed by atoms with E-state index in [4.69, 9.17) is 4.74 Å². The molecule has 0 aromatic heterocycles. The molecule has 2 saturated carbocycles. The Bertz CT molecular complexity index is 605. The topological polar surface area (TPSA) is 49.8 Å². The summed E-state index contributed by atoms with van der Waals surface area (Å²) in [6, 6.07) is 8.56. The Hall–Kier alpha value is -1.55. The van der Waals surface area contributed by atoms with Crippen molar-refractivity contribution in [2.75, 3.05) is 13.1 Å². The van der Waals surface area contributed by atoms with Gasteiger partial charge in [-0.1, -0.05) is 12.1 Å². The van der Waals surface area contributed by atoms with Crippen LogP contribution in [-0.2, 0) is 11.2 Å². The fourth-order valence-electron chi connectivity index (χ4n) is 4.21. The van der Waals surface area contributed by atoms with Gasteiger partial charge in [0.25, 0.3) is 0 Å². The maximum atomic E-state index is 12.5. The number of nitrogens with zero attached hydrogens (tertiary/aromatic N) is 1. The molecule has 3 aliphatic rings. The third-order valence-corrected chi connectivity index (χ3v) is 5.92. The number of aliphatic hydroxyl groups is 1. The van der Waals surface area contributed by atoms with Gasteiger partial charge >= 0.3 is 0 Å². The number of hydrogen-bond acceptors (Lipinski definition) is 3. The molecule has 1 saturated heterocycles. The van der Waals surface area contributed by atoms with Gasteiger partial charge in [-0.15, -0.1) is 0 Å². The summed E-state index contributed by atoms with van der Waals surface area (Å²) in [5.74, 6) is 1.95. The van der Waals surface area contributed by atoms with Gasteiger partial charge in [-0.3, -0.25) is 4.79 Å². The lowest BCUT2D eigenvalue weighted by atomic mass is 9.71. The number of likely N-dealkylation sites (tertiary alicyclic amines) is 1. The van der Waals surface area contributed by atoms with Crippen LogP contribution in [0.4, 0.5) is 0 Å². The molecular weight excluding hydrogens is 314 g/mol. The van der Waals surface area contributed by atoms with E-state index in [-0.39, 0.29) is 11.8 Å². The molecule has 136 valence electrons. The highest BCUT2D eigenvalue weighted by Crippen LogP contribution is 2.39. The standard InChI is InChI=1S/C21H29NO3/c1-21(24)13-17(14-21)20(23)22-10-8-16(9-11-22)12-15-2-4-18(5-3-15)25-19-6-7-19/h2-5,16-17,19,24H,6-14H2,1H3/t17-,21+. The van der Waals surface area contributed by atoms with Crippen LogP contribution >= 0.6 is 0 Å². The van der Waals surface area contributed by atoms with Crippen molar-refractivity contribution in [2.45, 2.75) is 63.6 Å². The van der Waals surface area contributed by atoms with E-state index in [9.17, 15) is 9.90 Å². The zero-order valence-corrected chi connectivity index (χ0v) is 15.1. The molecule has 4 nitrogen and oxygen atoms in total. The number of benzene rings is 1. The number of hydrogen-bond donors (Lipinski definition) is 1. The van der Waals surface area contributed by atoms with Gasteiger partial charge in [0.05, 0.1) is 11.7 Å². The van der Waals surface area contributed by atoms with Crippen LogP contribution in [0.1, 0.15) is 51.0 Å². The predicted octanol–water partition coefficient (Wildman–Crippen LogP) is 3.17. The minimum atomic E-state index is -0.617. The molecule has 4 heteroatoms. The second-order valence-electron chi connectivity index (χ2n) is 8.54. The highest BCUT2D eigenvalue weighted by atomic mass is 16.5. The molecule has 1 aromatic rings. The monoisotopic (exact) mass is 343 g/mol. The van der Waals surface area contributed by atoms with E-state index in [1.165, 1.54) is 18.4 Å². The van der Waals surface area contributed by atoms with Crippen molar-refractivity contribution in [3.05, 3.63) is 29.8 Å². The average Bonchev–Trinajstić information content (AvgIpc) is 3.38. The van der Waals surface area contributed by atoms with E-state index in [1.54, 1.807) is 0 Å². The smallest absolute Gasteiger partial charge is 0.225 e. The van der Waals surface area contributed by atoms with Crippen molar-refractivity contribution >= 4 is 5.91 Å². The molecule has 2 aliphatic carbocycles. The van der Waals surface area contributed by atoms with E-state index in [1.807, 2.05) is 11.8 Å². The highest BCUT2D eigenvalue weighted by Gasteiger charge is 2.44. The molecule has 0 unspecified atom stereocenters. The Labute approximate surface area is 150 Å². The molecule has 1 aromatic carbocycles. The largest absolute Gasteiger partial charge is 0.490 e. The van der Waals surface area contributed by atoms with Crippen LogP contribution in [0, 0.1) is 11.8 Å². The summed E-state index contributed by atoms with van der Waals surface area (Å²) in [7, 11) is 0. The number of amides is 1. The first-order chi connectivity index (χ1) is 12.0. The first-order valence-corrected chi connectivity index (χ1v) is 9.75. The van der Waals surface area contributed by atoms with Gasteiger partial charge in [-0.05, 0) is 75.5 Å². The lowest BCUT2D eigenvalue weighted by Gasteiger charge is -2.43. The summed E-state index contributed by atoms with van der Waals surface area (Å²) >= 11 is 0. The van der Waals surface area contributed by atoms with Crippen LogP contribution in [0.3, 0.4) is 0 Å². The van der Waals surface area contributed by atoms with Crippen LogP contribution in [0.5, 0.6) is 5.75 Å². The highest BCUT2D eigenvalue weighted by molar-refractivity contribution is 5.80. The molecule has 3 fully saturated rings. The minimum Gasteiger partial charge on any atom is -0.490 e. The van der Waals surface area contributed by atoms with Gasteiger partial charge < -0.3 is 14.7 Å². The van der Waals surface area contributed by atoms with Gasteiger partial charge in [-0.25, -0.2) is 0 Å². The number of carbonyl (C=O) groups excluding carboxylic acids is 1. The second kappa shape index (κ2) is 6.64. The fraction of sp³-hybridized carbons (Fsp3) is 0.667. The Morgan fingerprint density at radius 2 is 1.80 bits per heavy atom. The fourth-order valence-corrected chi connectivity index (χ4v) is 4.21. The van der Waals surface area contributed by atoms with Crippen LogP contribution in [0.2, 0.25) is 0 Å². The van der Waals surface area contributed by atoms with Crippen molar-refractivity contribution in [3.8, 4) is 5.75 Å². The lowest BCUT2D eigenvalue weighted by Crippen LogP contribution is -2.51. The maximum absolute atomic E-state index is 12.5. The number of rotatable bonds is 5. The van der Waals surface area contributed by atoms with Gasteiger partial charge in [0.1, 0.15) is 5.75 Å². The van der Waals surface area contributed by atoms with E-state index in [0.29, 0.717) is 24.9 Å². The normalized spacial score (nSPS) is 30.0. The van der Waals surface area contributed by atoms with Gasteiger partial charge in [0, 0.05) is 19.0 Å². The zero-order valence-electron chi connectivity index (χ0n) is 15.1. The number of piperidine rings is 1. The van der Waals surface area contributed by atoms with Gasteiger partial charge in [0.2, 0.25) is 5.91 Å². The Balaban J connectivity index is 1.22. The average molecular weight is 343 g/mol. The first-order valence-electron chi connectivity index (χ1n) is 9.75. The zero-order chi connectivity index (χ0) is 17.4. The van der Waals surface area contributed by atoms with Crippen LogP contribution in [0.15, 0.2) is 24.3 Å². The molecule has 1 amide bonds. The quantitative estimate of drug-likeness (QED) is 0.893. The summed E-state index contributed by atoms with van der Waals surface area (Å²) in [6.45, 7) is 3.56. The van der Waals surface area contributed by atoms with Gasteiger partial charge in [0.15, 0.2) is 0 Å². The second-order valence-corrected chi connectivity index (χ2v) is 8.54. The first kappa shape index (κ1) is 16.9. The molecule has 0 atom stereocenters. The number of carbonyl (C=O) groups is 1. The van der Waals surface area contributed by atoms with Crippen LogP contribution < -0.4 is 4.74 Å². The van der Waals surface area contributed by atoms with E-state index >= 15 is 0 Å². The van der Waals surface area contributed by atoms with Crippen LogP contribution in [-0.4, -0.2) is 40.7 Å². The van der Waals surface area contributed by atoms with Crippen LogP contribution in [0.25, 0.3) is 0 Å². The van der Waals surface area contributed by atoms with Crippen molar-refractivity contribution in [1.29, 1.82) is 0 Å². The van der Waals surface area contributed by atoms with Gasteiger partial charge in [-0.2, -0.15) is 0 Å². The van der Waals surface area contributed by atoms with Crippen molar-refractivity contribution < 1.29 is 14.6 Å². The Kier molecular flexibility index (Phi) is 4.48. The Morgan fingerprint density at radius 3 is 2.36 bits per heavy atom. The molecule has 4 rings (SSSR count). The summed E-state index contributed by atoms with van der Waals surface area (Å²) in [5.41, 5.74) is 0.747. The third kappa shape index (κ3) is 4.17. The van der Waals surface area contributed by atoms with Crippen molar-refractivity contribution in [1.82, 2.24) is 4.90 Å². The van der Waals surface area contributed by atoms with Crippen molar-refractivity contribution in [2.24, 2.45) is 11.8 Å². The molecule has 0 bridgehead atoms. The summed E-state index contributed by atoms with van der Waals surface area (Å²) in [6.07, 6.45) is 7.33. The van der Waals surface area contributed by atoms with E-state index < -0.39 is 5.60 Å². The summed E-state index contributed by atoms with van der Waals surface area (Å²) < 4.78 is 5.80. The SMILES string of the molecule is C[C@]1(O)C[C@@H](C(=O)N2CCC(Cc3ccc(OC4CC4)cc3)CC2)C1. The van der Waals surface area contributed by atoms with Crippen molar-refractivity contribution in [3.63, 3.8) is 0 Å². The molecule has 0 radical (unpaired) electrons. The molecule has 25 heavy (non-hydrogen) atoms. The number of ether oxygens (including phenoxy) is 1. The van der Waals surface area contributed by atoms with E-state index in [0.717, 1.165) is 38.1 Å². The van der Waals surface area contributed by atoms with E-state index in [2.05, 4.69) is 24.3 Å². The Morgan fingerprint density at radius 1 is 1.16 bits per heavy atom. The molecule has 1 aliphatic heterocycles. The molecule has 1 heterocycles. The molecule has 1 N–H and O–H groups in total. The summed E-state index contributed by atoms with van der Waals surface area (Å²) in [5, 5.41) is 9.83. The predicted molar refractivity (Wildman–Crippen MR) is 96.4 cm³/mol.